The second-order valence-electron chi connectivity index (χ2n) is 3.83. The first-order valence-electron chi connectivity index (χ1n) is 4.40. The Morgan fingerprint density at radius 2 is 2.27 bits per heavy atom. The lowest BCUT2D eigenvalue weighted by atomic mass is 9.85. The van der Waals surface area contributed by atoms with E-state index in [1.165, 1.54) is 0 Å². The van der Waals surface area contributed by atoms with Gasteiger partial charge < -0.3 is 9.84 Å². The average Bonchev–Trinajstić information content (AvgIpc) is 2.69. The minimum atomic E-state index is -0.532. The van der Waals surface area contributed by atoms with Gasteiger partial charge in [0, 0.05) is 6.42 Å². The van der Waals surface area contributed by atoms with Crippen LogP contribution in [0.25, 0.3) is 0 Å². The molecule has 1 rings (SSSR count). The van der Waals surface area contributed by atoms with Crippen molar-refractivity contribution in [3.8, 4) is 0 Å². The Morgan fingerprint density at radius 3 is 2.64 bits per heavy atom. The van der Waals surface area contributed by atoms with E-state index in [0.717, 1.165) is 19.4 Å². The molecule has 2 nitrogen and oxygen atoms in total. The highest BCUT2D eigenvalue weighted by Crippen LogP contribution is 2.29. The predicted octanol–water partition coefficient (Wildman–Crippen LogP) is 1.57. The molecule has 3 atom stereocenters. The molecule has 66 valence electrons. The molecule has 0 saturated carbocycles. The predicted molar refractivity (Wildman–Crippen MR) is 44.4 cm³/mol. The monoisotopic (exact) mass is 158 g/mol. The molecular formula is C9H18O2. The summed E-state index contributed by atoms with van der Waals surface area (Å²) in [5, 5.41) is 9.91. The summed E-state index contributed by atoms with van der Waals surface area (Å²) in [6.45, 7) is 6.94. The van der Waals surface area contributed by atoms with Crippen LogP contribution in [0.2, 0.25) is 0 Å². The van der Waals surface area contributed by atoms with Crippen LogP contribution >= 0.6 is 0 Å². The molecule has 0 radical (unpaired) electrons. The summed E-state index contributed by atoms with van der Waals surface area (Å²) in [4.78, 5) is 0. The first kappa shape index (κ1) is 9.01. The van der Waals surface area contributed by atoms with Gasteiger partial charge in [0.1, 0.15) is 0 Å². The quantitative estimate of drug-likeness (QED) is 0.630. The molecule has 1 fully saturated rings. The Bertz CT molecular complexity index is 128. The molecule has 1 aliphatic rings. The largest absolute Gasteiger partial charge is 0.390 e. The van der Waals surface area contributed by atoms with Gasteiger partial charge in [-0.2, -0.15) is 0 Å². The van der Waals surface area contributed by atoms with Crippen molar-refractivity contribution < 1.29 is 9.84 Å². The molecule has 0 spiro atoms. The van der Waals surface area contributed by atoms with E-state index in [0.29, 0.717) is 12.0 Å². The highest BCUT2D eigenvalue weighted by Gasteiger charge is 2.35. The number of hydrogen-bond acceptors (Lipinski definition) is 2. The highest BCUT2D eigenvalue weighted by atomic mass is 16.6. The van der Waals surface area contributed by atoms with Crippen molar-refractivity contribution in [1.29, 1.82) is 0 Å². The number of rotatable bonds is 4. The fraction of sp³-hybridized carbons (Fsp3) is 1.00. The van der Waals surface area contributed by atoms with E-state index in [2.05, 4.69) is 13.8 Å². The highest BCUT2D eigenvalue weighted by molar-refractivity contribution is 4.85. The maximum atomic E-state index is 9.91. The lowest BCUT2D eigenvalue weighted by Crippen LogP contribution is -2.33. The maximum absolute atomic E-state index is 9.91. The first-order valence-corrected chi connectivity index (χ1v) is 4.40. The Morgan fingerprint density at radius 1 is 1.73 bits per heavy atom. The van der Waals surface area contributed by atoms with Crippen molar-refractivity contribution in [3.05, 3.63) is 0 Å². The summed E-state index contributed by atoms with van der Waals surface area (Å²) in [6, 6.07) is 0. The minimum Gasteiger partial charge on any atom is -0.390 e. The van der Waals surface area contributed by atoms with Crippen LogP contribution in [-0.4, -0.2) is 23.4 Å². The summed E-state index contributed by atoms with van der Waals surface area (Å²) in [7, 11) is 0. The van der Waals surface area contributed by atoms with Crippen LogP contribution in [0.1, 0.15) is 33.6 Å². The van der Waals surface area contributed by atoms with Gasteiger partial charge >= 0.3 is 0 Å². The number of hydrogen-bond donors (Lipinski definition) is 1. The fourth-order valence-electron chi connectivity index (χ4n) is 1.29. The standard InChI is InChI=1S/C9H18O2/c1-4-7(2)9(3,10)5-8-6-11-8/h7-8,10H,4-6H2,1-3H3/t7-,8+,9+/m0/s1. The zero-order chi connectivity index (χ0) is 8.48. The number of aliphatic hydroxyl groups is 1. The van der Waals surface area contributed by atoms with Gasteiger partial charge in [-0.1, -0.05) is 20.3 Å². The summed E-state index contributed by atoms with van der Waals surface area (Å²) >= 11 is 0. The summed E-state index contributed by atoms with van der Waals surface area (Å²) in [6.07, 6.45) is 2.15. The third-order valence-electron chi connectivity index (χ3n) is 2.72. The van der Waals surface area contributed by atoms with Crippen molar-refractivity contribution >= 4 is 0 Å². The maximum Gasteiger partial charge on any atom is 0.0837 e. The second kappa shape index (κ2) is 3.11. The molecule has 0 aromatic heterocycles. The smallest absolute Gasteiger partial charge is 0.0837 e. The molecular weight excluding hydrogens is 140 g/mol. The third-order valence-corrected chi connectivity index (χ3v) is 2.72. The number of epoxide rings is 1. The SMILES string of the molecule is CC[C@H](C)[C@](C)(O)C[C@@H]1CO1. The Kier molecular flexibility index (Phi) is 2.55. The normalized spacial score (nSPS) is 31.1. The van der Waals surface area contributed by atoms with Crippen LogP contribution in [0.15, 0.2) is 0 Å². The zero-order valence-corrected chi connectivity index (χ0v) is 7.63. The molecule has 1 heterocycles. The zero-order valence-electron chi connectivity index (χ0n) is 7.63. The Balaban J connectivity index is 2.35. The molecule has 11 heavy (non-hydrogen) atoms. The molecule has 1 aliphatic heterocycles. The van der Waals surface area contributed by atoms with Gasteiger partial charge in [-0.15, -0.1) is 0 Å². The fourth-order valence-corrected chi connectivity index (χ4v) is 1.29. The molecule has 2 heteroatoms. The van der Waals surface area contributed by atoms with Gasteiger partial charge in [0.15, 0.2) is 0 Å². The number of ether oxygens (including phenoxy) is 1. The van der Waals surface area contributed by atoms with Crippen LogP contribution in [-0.2, 0) is 4.74 Å². The van der Waals surface area contributed by atoms with Crippen molar-refractivity contribution in [2.45, 2.75) is 45.3 Å². The van der Waals surface area contributed by atoms with E-state index in [4.69, 9.17) is 4.74 Å². The molecule has 0 unspecified atom stereocenters. The second-order valence-corrected chi connectivity index (χ2v) is 3.83. The summed E-state index contributed by atoms with van der Waals surface area (Å²) in [5.41, 5.74) is -0.532. The molecule has 0 aliphatic carbocycles. The van der Waals surface area contributed by atoms with Crippen LogP contribution in [0.4, 0.5) is 0 Å². The van der Waals surface area contributed by atoms with Crippen LogP contribution in [0, 0.1) is 5.92 Å². The van der Waals surface area contributed by atoms with Gasteiger partial charge in [0.25, 0.3) is 0 Å². The first-order chi connectivity index (χ1) is 5.06. The van der Waals surface area contributed by atoms with E-state index in [1.807, 2.05) is 6.92 Å². The average molecular weight is 158 g/mol. The lowest BCUT2D eigenvalue weighted by Gasteiger charge is -2.28. The van der Waals surface area contributed by atoms with E-state index in [1.54, 1.807) is 0 Å². The van der Waals surface area contributed by atoms with Gasteiger partial charge in [-0.05, 0) is 12.8 Å². The van der Waals surface area contributed by atoms with Gasteiger partial charge in [0.05, 0.1) is 18.3 Å². The molecule has 1 saturated heterocycles. The lowest BCUT2D eigenvalue weighted by molar-refractivity contribution is -0.00902. The summed E-state index contributed by atoms with van der Waals surface area (Å²) in [5.74, 6) is 0.367. The van der Waals surface area contributed by atoms with E-state index in [-0.39, 0.29) is 0 Å². The van der Waals surface area contributed by atoms with Gasteiger partial charge in [0.2, 0.25) is 0 Å². The van der Waals surface area contributed by atoms with Crippen LogP contribution < -0.4 is 0 Å². The van der Waals surface area contributed by atoms with E-state index >= 15 is 0 Å². The van der Waals surface area contributed by atoms with Crippen molar-refractivity contribution in [2.75, 3.05) is 6.61 Å². The third kappa shape index (κ3) is 2.46. The van der Waals surface area contributed by atoms with E-state index < -0.39 is 5.60 Å². The van der Waals surface area contributed by atoms with Gasteiger partial charge in [-0.3, -0.25) is 0 Å². The van der Waals surface area contributed by atoms with E-state index in [9.17, 15) is 5.11 Å². The molecule has 0 aromatic carbocycles. The Hall–Kier alpha value is -0.0800. The molecule has 0 aromatic rings. The molecule has 0 amide bonds. The summed E-state index contributed by atoms with van der Waals surface area (Å²) < 4.78 is 5.08. The Labute approximate surface area is 68.6 Å². The van der Waals surface area contributed by atoms with Gasteiger partial charge in [-0.25, -0.2) is 0 Å². The van der Waals surface area contributed by atoms with Crippen molar-refractivity contribution in [3.63, 3.8) is 0 Å². The molecule has 1 N–H and O–H groups in total. The minimum absolute atomic E-state index is 0.332. The van der Waals surface area contributed by atoms with Crippen molar-refractivity contribution in [1.82, 2.24) is 0 Å². The molecule has 0 bridgehead atoms. The van der Waals surface area contributed by atoms with Crippen molar-refractivity contribution in [2.24, 2.45) is 5.92 Å². The van der Waals surface area contributed by atoms with Crippen LogP contribution in [0.3, 0.4) is 0 Å². The van der Waals surface area contributed by atoms with Crippen LogP contribution in [0.5, 0.6) is 0 Å². The topological polar surface area (TPSA) is 32.8 Å².